The number of carbonyl (C=O) groups is 2. The molecule has 0 saturated carbocycles. The fourth-order valence-electron chi connectivity index (χ4n) is 4.21. The fourth-order valence-corrected chi connectivity index (χ4v) is 6.00. The molecule has 2 aliphatic heterocycles. The van der Waals surface area contributed by atoms with Crippen molar-refractivity contribution in [3.63, 3.8) is 0 Å². The van der Waals surface area contributed by atoms with Gasteiger partial charge >= 0.3 is 6.09 Å². The average molecular weight is 536 g/mol. The Balaban J connectivity index is 1.84. The molecule has 12 heteroatoms. The number of benzene rings is 1. The van der Waals surface area contributed by atoms with E-state index < -0.39 is 52.4 Å². The molecule has 196 valence electrons. The first kappa shape index (κ1) is 27.6. The molecule has 0 radical (unpaired) electrons. The molecule has 0 bridgehead atoms. The number of alkyl halides is 2. The maximum absolute atomic E-state index is 14.5. The van der Waals surface area contributed by atoms with Crippen LogP contribution in [-0.2, 0) is 19.6 Å². The minimum atomic E-state index is -4.29. The van der Waals surface area contributed by atoms with Crippen molar-refractivity contribution in [1.29, 1.82) is 0 Å². The summed E-state index contributed by atoms with van der Waals surface area (Å²) >= 11 is 5.89. The summed E-state index contributed by atoms with van der Waals surface area (Å²) in [5.41, 5.74) is -0.643. The number of nitrogens with zero attached hydrogens (tertiary/aromatic N) is 2. The summed E-state index contributed by atoms with van der Waals surface area (Å²) in [7, 11) is -4.29. The first-order valence-electron chi connectivity index (χ1n) is 11.6. The third kappa shape index (κ3) is 7.27. The Morgan fingerprint density at radius 1 is 1.23 bits per heavy atom. The number of ether oxygens (including phenoxy) is 1. The van der Waals surface area contributed by atoms with Crippen molar-refractivity contribution in [2.45, 2.75) is 68.9 Å². The molecular formula is C23H32ClF2N3O5S. The van der Waals surface area contributed by atoms with Crippen LogP contribution in [0, 0.1) is 5.92 Å². The molecule has 2 fully saturated rings. The van der Waals surface area contributed by atoms with E-state index in [9.17, 15) is 26.8 Å². The van der Waals surface area contributed by atoms with E-state index in [1.807, 2.05) is 0 Å². The topological polar surface area (TPSA) is 96.0 Å². The minimum Gasteiger partial charge on any atom is -0.444 e. The Hall–Kier alpha value is -1.98. The summed E-state index contributed by atoms with van der Waals surface area (Å²) in [6.45, 7) is 5.62. The number of sulfonamides is 1. The van der Waals surface area contributed by atoms with Gasteiger partial charge in [0.15, 0.2) is 0 Å². The van der Waals surface area contributed by atoms with Crippen LogP contribution in [0.15, 0.2) is 29.2 Å². The Morgan fingerprint density at radius 2 is 1.83 bits per heavy atom. The van der Waals surface area contributed by atoms with Crippen LogP contribution in [0.5, 0.6) is 0 Å². The minimum absolute atomic E-state index is 0.124. The lowest BCUT2D eigenvalue weighted by Crippen LogP contribution is -2.52. The van der Waals surface area contributed by atoms with Crippen LogP contribution in [0.1, 0.15) is 46.5 Å². The first-order chi connectivity index (χ1) is 16.2. The highest BCUT2D eigenvalue weighted by Crippen LogP contribution is 2.33. The number of hydrogen-bond donors (Lipinski definition) is 1. The standard InChI is InChI=1S/C23H32ClF2N3O5S/c1-22(2,3)34-21(31)28-12-8-16(9-13-28)15-29(19-14-23(25,26)10-11-27-20(19)30)35(32,33)18-6-4-17(24)5-7-18/h4-7,16,19H,8-15H2,1-3H3,(H,27,30)/t19-/m1/s1. The van der Waals surface area contributed by atoms with Gasteiger partial charge in [-0.05, 0) is 63.8 Å². The molecule has 0 aliphatic carbocycles. The fraction of sp³-hybridized carbons (Fsp3) is 0.652. The predicted molar refractivity (Wildman–Crippen MR) is 127 cm³/mol. The van der Waals surface area contributed by atoms with Crippen molar-refractivity contribution >= 4 is 33.6 Å². The Labute approximate surface area is 210 Å². The summed E-state index contributed by atoms with van der Waals surface area (Å²) in [5.74, 6) is -4.18. The summed E-state index contributed by atoms with van der Waals surface area (Å²) in [4.78, 5) is 26.5. The lowest BCUT2D eigenvalue weighted by molar-refractivity contribution is -0.126. The first-order valence-corrected chi connectivity index (χ1v) is 13.4. The van der Waals surface area contributed by atoms with Gasteiger partial charge in [0.05, 0.1) is 4.90 Å². The summed E-state index contributed by atoms with van der Waals surface area (Å²) in [5, 5.41) is 2.75. The lowest BCUT2D eigenvalue weighted by atomic mass is 9.96. The summed E-state index contributed by atoms with van der Waals surface area (Å²) in [6, 6.07) is 3.82. The van der Waals surface area contributed by atoms with Crippen molar-refractivity contribution in [3.8, 4) is 0 Å². The number of amides is 2. The molecular weight excluding hydrogens is 504 g/mol. The number of halogens is 3. The molecule has 0 unspecified atom stereocenters. The second-order valence-corrected chi connectivity index (χ2v) is 12.4. The van der Waals surface area contributed by atoms with Crippen molar-refractivity contribution in [2.24, 2.45) is 5.92 Å². The van der Waals surface area contributed by atoms with Crippen LogP contribution in [0.25, 0.3) is 0 Å². The van der Waals surface area contributed by atoms with Crippen LogP contribution in [0.2, 0.25) is 5.02 Å². The van der Waals surface area contributed by atoms with E-state index in [1.54, 1.807) is 25.7 Å². The van der Waals surface area contributed by atoms with Gasteiger partial charge in [-0.2, -0.15) is 4.31 Å². The van der Waals surface area contributed by atoms with E-state index in [2.05, 4.69) is 5.32 Å². The van der Waals surface area contributed by atoms with Crippen LogP contribution >= 0.6 is 11.6 Å². The number of hydrogen-bond acceptors (Lipinski definition) is 5. The molecule has 2 saturated heterocycles. The number of carbonyl (C=O) groups excluding carboxylic acids is 2. The van der Waals surface area contributed by atoms with Crippen molar-refractivity contribution in [3.05, 3.63) is 29.3 Å². The molecule has 1 aromatic rings. The monoisotopic (exact) mass is 535 g/mol. The molecule has 1 aromatic carbocycles. The van der Waals surface area contributed by atoms with E-state index in [0.29, 0.717) is 31.0 Å². The number of nitrogens with one attached hydrogen (secondary N) is 1. The number of piperidine rings is 1. The van der Waals surface area contributed by atoms with Gasteiger partial charge in [-0.3, -0.25) is 4.79 Å². The molecule has 2 heterocycles. The summed E-state index contributed by atoms with van der Waals surface area (Å²) in [6.07, 6.45) is -1.03. The molecule has 0 aromatic heterocycles. The smallest absolute Gasteiger partial charge is 0.410 e. The van der Waals surface area contributed by atoms with Crippen LogP contribution in [0.3, 0.4) is 0 Å². The van der Waals surface area contributed by atoms with E-state index in [4.69, 9.17) is 16.3 Å². The molecule has 2 amide bonds. The average Bonchev–Trinajstić information content (AvgIpc) is 2.88. The molecule has 2 aliphatic rings. The van der Waals surface area contributed by atoms with Crippen LogP contribution in [0.4, 0.5) is 13.6 Å². The molecule has 1 atom stereocenters. The van der Waals surface area contributed by atoms with Crippen molar-refractivity contribution in [1.82, 2.24) is 14.5 Å². The third-order valence-electron chi connectivity index (χ3n) is 6.06. The van der Waals surface area contributed by atoms with Gasteiger partial charge in [-0.25, -0.2) is 22.0 Å². The quantitative estimate of drug-likeness (QED) is 0.617. The Bertz CT molecular complexity index is 1020. The van der Waals surface area contributed by atoms with Gasteiger partial charge in [0, 0.05) is 44.0 Å². The highest BCUT2D eigenvalue weighted by Gasteiger charge is 2.45. The van der Waals surface area contributed by atoms with Crippen molar-refractivity contribution in [2.75, 3.05) is 26.2 Å². The zero-order chi connectivity index (χ0) is 26.0. The van der Waals surface area contributed by atoms with Gasteiger partial charge in [-0.15, -0.1) is 0 Å². The Kier molecular flexibility index (Phi) is 8.33. The van der Waals surface area contributed by atoms with Gasteiger partial charge in [0.1, 0.15) is 11.6 Å². The van der Waals surface area contributed by atoms with E-state index >= 15 is 0 Å². The van der Waals surface area contributed by atoms with Gasteiger partial charge in [0.2, 0.25) is 15.9 Å². The van der Waals surface area contributed by atoms with Gasteiger partial charge < -0.3 is 15.0 Å². The molecule has 3 rings (SSSR count). The second kappa shape index (κ2) is 10.6. The van der Waals surface area contributed by atoms with Crippen molar-refractivity contribution < 1.29 is 31.5 Å². The molecule has 35 heavy (non-hydrogen) atoms. The van der Waals surface area contributed by atoms with Gasteiger partial charge in [0.25, 0.3) is 5.92 Å². The summed E-state index contributed by atoms with van der Waals surface area (Å²) < 4.78 is 62.4. The van der Waals surface area contributed by atoms with Crippen LogP contribution in [-0.4, -0.2) is 73.4 Å². The largest absolute Gasteiger partial charge is 0.444 e. The molecule has 1 N–H and O–H groups in total. The highest BCUT2D eigenvalue weighted by atomic mass is 35.5. The number of likely N-dealkylation sites (tertiary alicyclic amines) is 1. The SMILES string of the molecule is CC(C)(C)OC(=O)N1CCC(CN([C@@H]2CC(F)(F)CCNC2=O)S(=O)(=O)c2ccc(Cl)cc2)CC1. The third-order valence-corrected chi connectivity index (χ3v) is 8.20. The zero-order valence-electron chi connectivity index (χ0n) is 20.1. The van der Waals surface area contributed by atoms with Crippen LogP contribution < -0.4 is 5.32 Å². The van der Waals surface area contributed by atoms with E-state index in [0.717, 1.165) is 4.31 Å². The maximum Gasteiger partial charge on any atom is 0.410 e. The highest BCUT2D eigenvalue weighted by molar-refractivity contribution is 7.89. The lowest BCUT2D eigenvalue weighted by Gasteiger charge is -2.37. The maximum atomic E-state index is 14.5. The molecule has 8 nitrogen and oxygen atoms in total. The number of rotatable bonds is 5. The molecule has 0 spiro atoms. The Morgan fingerprint density at radius 3 is 2.40 bits per heavy atom. The predicted octanol–water partition coefficient (Wildman–Crippen LogP) is 3.89. The normalized spacial score (nSPS) is 22.0. The second-order valence-electron chi connectivity index (χ2n) is 10.1. The van der Waals surface area contributed by atoms with E-state index in [1.165, 1.54) is 24.3 Å². The van der Waals surface area contributed by atoms with Gasteiger partial charge in [-0.1, -0.05) is 11.6 Å². The zero-order valence-corrected chi connectivity index (χ0v) is 21.7. The van der Waals surface area contributed by atoms with E-state index in [-0.39, 0.29) is 23.9 Å².